The van der Waals surface area contributed by atoms with E-state index in [2.05, 4.69) is 25.8 Å². The van der Waals surface area contributed by atoms with Crippen molar-refractivity contribution in [1.29, 1.82) is 0 Å². The largest absolute Gasteiger partial charge is 0.342 e. The minimum atomic E-state index is -0.395. The Kier molecular flexibility index (Phi) is 6.88. The molecule has 0 saturated carbocycles. The summed E-state index contributed by atoms with van der Waals surface area (Å²) < 4.78 is 1.77. The van der Waals surface area contributed by atoms with Crippen molar-refractivity contribution in [2.24, 2.45) is 7.05 Å². The predicted molar refractivity (Wildman–Crippen MR) is 114 cm³/mol. The molecule has 0 aliphatic carbocycles. The number of anilines is 1. The number of thiazole rings is 1. The van der Waals surface area contributed by atoms with Crippen LogP contribution in [0.15, 0.2) is 41.0 Å². The fourth-order valence-electron chi connectivity index (χ4n) is 2.46. The van der Waals surface area contributed by atoms with Crippen LogP contribution in [-0.2, 0) is 11.8 Å². The number of hydrogen-bond donors (Lipinski definition) is 2. The van der Waals surface area contributed by atoms with Crippen molar-refractivity contribution >= 4 is 51.6 Å². The highest BCUT2D eigenvalue weighted by atomic mass is 35.5. The molecule has 0 radical (unpaired) electrons. The van der Waals surface area contributed by atoms with Crippen molar-refractivity contribution in [3.8, 4) is 0 Å². The first-order valence-electron chi connectivity index (χ1n) is 8.68. The van der Waals surface area contributed by atoms with E-state index in [1.165, 1.54) is 23.1 Å². The first kappa shape index (κ1) is 21.3. The molecule has 0 saturated heterocycles. The third-order valence-electron chi connectivity index (χ3n) is 4.02. The summed E-state index contributed by atoms with van der Waals surface area (Å²) in [5.74, 6) is 0.184. The summed E-state index contributed by atoms with van der Waals surface area (Å²) in [6.07, 6.45) is 1.63. The molecule has 2 amide bonds. The van der Waals surface area contributed by atoms with Crippen LogP contribution in [0, 0.1) is 0 Å². The molecule has 0 bridgehead atoms. The number of carbonyl (C=O) groups excluding carboxylic acids is 2. The molecule has 0 spiro atoms. The molecule has 1 aromatic carbocycles. The predicted octanol–water partition coefficient (Wildman–Crippen LogP) is 3.54. The second kappa shape index (κ2) is 9.38. The summed E-state index contributed by atoms with van der Waals surface area (Å²) in [6, 6.07) is 6.27. The van der Waals surface area contributed by atoms with Crippen LogP contribution in [0.4, 0.5) is 5.13 Å². The number of aromatic nitrogens is 4. The van der Waals surface area contributed by atoms with Crippen LogP contribution in [0.3, 0.4) is 0 Å². The highest BCUT2D eigenvalue weighted by molar-refractivity contribution is 8.00. The van der Waals surface area contributed by atoms with Gasteiger partial charge in [-0.15, -0.1) is 21.5 Å². The first-order valence-corrected chi connectivity index (χ1v) is 10.8. The number of nitrogens with zero attached hydrogens (tertiary/aromatic N) is 4. The van der Waals surface area contributed by atoms with Crippen molar-refractivity contribution in [3.05, 3.63) is 52.3 Å². The molecular weight excluding hydrogens is 432 g/mol. The third kappa shape index (κ3) is 5.34. The summed E-state index contributed by atoms with van der Waals surface area (Å²) >= 11 is 8.50. The molecule has 8 nitrogen and oxygen atoms in total. The molecule has 0 aliphatic heterocycles. The lowest BCUT2D eigenvalue weighted by Crippen LogP contribution is -2.28. The Balaban J connectivity index is 1.62. The maximum absolute atomic E-state index is 12.4. The Hall–Kier alpha value is -2.43. The molecule has 2 heterocycles. The van der Waals surface area contributed by atoms with Gasteiger partial charge in [-0.3, -0.25) is 9.59 Å². The van der Waals surface area contributed by atoms with Crippen molar-refractivity contribution in [2.75, 3.05) is 5.32 Å². The number of nitrogens with one attached hydrogen (secondary N) is 2. The van der Waals surface area contributed by atoms with Gasteiger partial charge in [0.15, 0.2) is 16.1 Å². The molecule has 29 heavy (non-hydrogen) atoms. The normalized spacial score (nSPS) is 13.0. The summed E-state index contributed by atoms with van der Waals surface area (Å²) in [4.78, 5) is 28.7. The number of halogens is 1. The van der Waals surface area contributed by atoms with E-state index in [9.17, 15) is 9.59 Å². The number of carbonyl (C=O) groups is 2. The van der Waals surface area contributed by atoms with Crippen LogP contribution in [0.2, 0.25) is 5.02 Å². The molecular formula is C18H19ClN6O2S2. The van der Waals surface area contributed by atoms with E-state index in [1.807, 2.05) is 6.92 Å². The van der Waals surface area contributed by atoms with E-state index >= 15 is 0 Å². The maximum Gasteiger partial charge on any atom is 0.251 e. The zero-order chi connectivity index (χ0) is 21.0. The van der Waals surface area contributed by atoms with Gasteiger partial charge >= 0.3 is 0 Å². The molecule has 2 atom stereocenters. The third-order valence-corrected chi connectivity index (χ3v) is 6.10. The maximum atomic E-state index is 12.4. The minimum Gasteiger partial charge on any atom is -0.342 e. The van der Waals surface area contributed by atoms with Crippen molar-refractivity contribution < 1.29 is 9.59 Å². The van der Waals surface area contributed by atoms with Crippen LogP contribution >= 0.6 is 34.7 Å². The molecule has 0 fully saturated rings. The number of amides is 2. The lowest BCUT2D eigenvalue weighted by atomic mass is 10.2. The monoisotopic (exact) mass is 450 g/mol. The summed E-state index contributed by atoms with van der Waals surface area (Å²) in [5, 5.41) is 17.1. The van der Waals surface area contributed by atoms with Crippen LogP contribution < -0.4 is 10.6 Å². The van der Waals surface area contributed by atoms with Gasteiger partial charge in [-0.2, -0.15) is 0 Å². The summed E-state index contributed by atoms with van der Waals surface area (Å²) in [6.45, 7) is 3.61. The van der Waals surface area contributed by atoms with E-state index in [4.69, 9.17) is 11.6 Å². The highest BCUT2D eigenvalue weighted by Crippen LogP contribution is 2.25. The van der Waals surface area contributed by atoms with Gasteiger partial charge in [-0.25, -0.2) is 4.98 Å². The van der Waals surface area contributed by atoms with Crippen LogP contribution in [0.25, 0.3) is 0 Å². The van der Waals surface area contributed by atoms with Crippen LogP contribution in [-0.4, -0.2) is 36.8 Å². The van der Waals surface area contributed by atoms with Crippen molar-refractivity contribution in [3.63, 3.8) is 0 Å². The molecule has 3 rings (SSSR count). The zero-order valence-electron chi connectivity index (χ0n) is 15.9. The fraction of sp³-hybridized carbons (Fsp3) is 0.278. The van der Waals surface area contributed by atoms with Crippen molar-refractivity contribution in [1.82, 2.24) is 25.1 Å². The first-order chi connectivity index (χ1) is 13.8. The molecule has 3 aromatic rings. The van der Waals surface area contributed by atoms with Gasteiger partial charge in [0, 0.05) is 29.2 Å². The van der Waals surface area contributed by atoms with Gasteiger partial charge in [0.2, 0.25) is 5.91 Å². The van der Waals surface area contributed by atoms with E-state index in [-0.39, 0.29) is 17.9 Å². The van der Waals surface area contributed by atoms with Crippen LogP contribution in [0.1, 0.15) is 36.1 Å². The molecule has 0 aliphatic rings. The van der Waals surface area contributed by atoms with Gasteiger partial charge in [0.25, 0.3) is 5.91 Å². The Morgan fingerprint density at radius 2 is 1.93 bits per heavy atom. The second-order valence-corrected chi connectivity index (χ2v) is 8.83. The van der Waals surface area contributed by atoms with Gasteiger partial charge in [-0.1, -0.05) is 23.4 Å². The Morgan fingerprint density at radius 3 is 2.59 bits per heavy atom. The zero-order valence-corrected chi connectivity index (χ0v) is 18.3. The van der Waals surface area contributed by atoms with Crippen molar-refractivity contribution in [2.45, 2.75) is 30.3 Å². The lowest BCUT2D eigenvalue weighted by Gasteiger charge is -2.14. The number of rotatable bonds is 7. The SMILES string of the molecule is C[C@H](Sc1nnc([C@H](C)NC(=O)c2ccc(Cl)cc2)n1C)C(=O)Nc1nccs1. The average molecular weight is 451 g/mol. The molecule has 2 aromatic heterocycles. The number of benzene rings is 1. The number of hydrogen-bond acceptors (Lipinski definition) is 7. The smallest absolute Gasteiger partial charge is 0.251 e. The summed E-state index contributed by atoms with van der Waals surface area (Å²) in [5.41, 5.74) is 0.505. The standard InChI is InChI=1S/C18H19ClN6O2S2/c1-10(21-16(27)12-4-6-13(19)7-5-12)14-23-24-18(25(14)3)29-11(2)15(26)22-17-20-8-9-28-17/h4-11H,1-3H3,(H,21,27)(H,20,22,26)/t10-,11-/m0/s1. The van der Waals surface area contributed by atoms with E-state index in [1.54, 1.807) is 54.4 Å². The molecule has 11 heteroatoms. The molecule has 0 unspecified atom stereocenters. The minimum absolute atomic E-state index is 0.168. The Bertz CT molecular complexity index is 990. The van der Waals surface area contributed by atoms with Gasteiger partial charge < -0.3 is 15.2 Å². The lowest BCUT2D eigenvalue weighted by molar-refractivity contribution is -0.115. The van der Waals surface area contributed by atoms with Gasteiger partial charge in [0.1, 0.15) is 0 Å². The Morgan fingerprint density at radius 1 is 1.21 bits per heavy atom. The quantitative estimate of drug-likeness (QED) is 0.534. The topological polar surface area (TPSA) is 102 Å². The Labute approximate surface area is 181 Å². The van der Waals surface area contributed by atoms with Crippen LogP contribution in [0.5, 0.6) is 0 Å². The second-order valence-electron chi connectivity index (χ2n) is 6.19. The number of thioether (sulfide) groups is 1. The summed E-state index contributed by atoms with van der Waals surface area (Å²) in [7, 11) is 1.80. The van der Waals surface area contributed by atoms with Gasteiger partial charge in [-0.05, 0) is 38.1 Å². The van der Waals surface area contributed by atoms with Gasteiger partial charge in [0.05, 0.1) is 11.3 Å². The van der Waals surface area contributed by atoms with E-state index in [0.29, 0.717) is 26.7 Å². The molecule has 2 N–H and O–H groups in total. The molecule has 152 valence electrons. The van der Waals surface area contributed by atoms with E-state index < -0.39 is 5.25 Å². The highest BCUT2D eigenvalue weighted by Gasteiger charge is 2.22. The van der Waals surface area contributed by atoms with E-state index in [0.717, 1.165) is 0 Å². The average Bonchev–Trinajstić information content (AvgIpc) is 3.32. The fourth-order valence-corrected chi connectivity index (χ4v) is 3.94.